The highest BCUT2D eigenvalue weighted by Gasteiger charge is 2.38. The van der Waals surface area contributed by atoms with Crippen molar-refractivity contribution in [3.8, 4) is 0 Å². The Morgan fingerprint density at radius 2 is 1.65 bits per heavy atom. The second-order valence-electron chi connectivity index (χ2n) is 8.72. The van der Waals surface area contributed by atoms with Gasteiger partial charge in [0, 0.05) is 43.5 Å². The Balaban J connectivity index is 1.73. The highest BCUT2D eigenvalue weighted by molar-refractivity contribution is 7.89. The summed E-state index contributed by atoms with van der Waals surface area (Å²) in [4.78, 5) is 25.4. The second-order valence-corrected chi connectivity index (χ2v) is 10.6. The number of sulfonamides is 1. The summed E-state index contributed by atoms with van der Waals surface area (Å²) in [5.74, 6) is -0.933. The number of nitrogens with one attached hydrogen (secondary N) is 1. The Hall–Kier alpha value is -2.65. The lowest BCUT2D eigenvalue weighted by Crippen LogP contribution is -2.43. The van der Waals surface area contributed by atoms with Crippen LogP contribution in [0, 0.1) is 26.7 Å². The lowest BCUT2D eigenvalue weighted by Gasteiger charge is -2.30. The zero-order valence-corrected chi connectivity index (χ0v) is 21.5. The first-order valence-electron chi connectivity index (χ1n) is 11.8. The molecule has 1 aliphatic rings. The average Bonchev–Trinajstić information content (AvgIpc) is 3.08. The van der Waals surface area contributed by atoms with Gasteiger partial charge in [0.15, 0.2) is 0 Å². The maximum absolute atomic E-state index is 13.6. The number of carbonyl (C=O) groups excluding carboxylic acids is 2. The normalized spacial score (nSPS) is 15.3. The van der Waals surface area contributed by atoms with Crippen LogP contribution in [0.5, 0.6) is 0 Å². The van der Waals surface area contributed by atoms with Crippen LogP contribution in [0.25, 0.3) is 0 Å². The number of esters is 1. The fourth-order valence-corrected chi connectivity index (χ4v) is 6.54. The number of hydrogen-bond donors (Lipinski definition) is 1. The predicted octanol–water partition coefficient (Wildman–Crippen LogP) is 3.33. The molecule has 9 heteroatoms. The van der Waals surface area contributed by atoms with Crippen LogP contribution in [0.4, 0.5) is 0 Å². The SMILES string of the molecule is CCOC(=O)c1c(S(=O)(=O)N2CCC(C(=O)NCc3ccc(C)cc3)CC2)c(C)n(CC)c1C. The number of benzene rings is 1. The van der Waals surface area contributed by atoms with Crippen molar-refractivity contribution in [2.75, 3.05) is 19.7 Å². The predicted molar refractivity (Wildman–Crippen MR) is 130 cm³/mol. The summed E-state index contributed by atoms with van der Waals surface area (Å²) < 4.78 is 35.7. The molecular weight excluding hydrogens is 454 g/mol. The van der Waals surface area contributed by atoms with E-state index in [1.807, 2.05) is 42.7 Å². The molecule has 0 radical (unpaired) electrons. The Morgan fingerprint density at radius 1 is 1.03 bits per heavy atom. The van der Waals surface area contributed by atoms with E-state index in [1.54, 1.807) is 20.8 Å². The van der Waals surface area contributed by atoms with E-state index in [4.69, 9.17) is 4.74 Å². The summed E-state index contributed by atoms with van der Waals surface area (Å²) in [6, 6.07) is 7.98. The molecule has 0 aliphatic carbocycles. The third kappa shape index (κ3) is 5.20. The smallest absolute Gasteiger partial charge is 0.341 e. The van der Waals surface area contributed by atoms with Crippen LogP contribution in [0.1, 0.15) is 59.6 Å². The molecule has 1 amide bonds. The van der Waals surface area contributed by atoms with Crippen molar-refractivity contribution in [1.29, 1.82) is 0 Å². The zero-order chi connectivity index (χ0) is 25.0. The zero-order valence-electron chi connectivity index (χ0n) is 20.7. The lowest BCUT2D eigenvalue weighted by atomic mass is 9.97. The fourth-order valence-electron chi connectivity index (χ4n) is 4.61. The summed E-state index contributed by atoms with van der Waals surface area (Å²) in [5, 5.41) is 2.97. The van der Waals surface area contributed by atoms with Crippen molar-refractivity contribution < 1.29 is 22.7 Å². The first-order valence-corrected chi connectivity index (χ1v) is 13.3. The van der Waals surface area contributed by atoms with Crippen LogP contribution in [-0.4, -0.2) is 48.9 Å². The van der Waals surface area contributed by atoms with Gasteiger partial charge in [-0.2, -0.15) is 4.31 Å². The minimum absolute atomic E-state index is 0.0209. The van der Waals surface area contributed by atoms with E-state index in [2.05, 4.69) is 5.32 Å². The molecule has 1 aromatic carbocycles. The van der Waals surface area contributed by atoms with Gasteiger partial charge in [0.05, 0.1) is 6.61 Å². The number of carbonyl (C=O) groups is 2. The van der Waals surface area contributed by atoms with Crippen LogP contribution in [-0.2, 0) is 32.6 Å². The van der Waals surface area contributed by atoms with E-state index in [1.165, 1.54) is 4.31 Å². The molecule has 1 saturated heterocycles. The number of hydrogen-bond acceptors (Lipinski definition) is 5. The minimum atomic E-state index is -3.93. The highest BCUT2D eigenvalue weighted by atomic mass is 32.2. The number of amides is 1. The van der Waals surface area contributed by atoms with Gasteiger partial charge >= 0.3 is 5.97 Å². The molecule has 0 unspecified atom stereocenters. The Kier molecular flexibility index (Phi) is 8.20. The molecule has 0 saturated carbocycles. The van der Waals surface area contributed by atoms with E-state index >= 15 is 0 Å². The number of aromatic nitrogens is 1. The standard InChI is InChI=1S/C25H35N3O5S/c1-6-28-18(4)22(25(30)33-7-2)23(19(28)5)34(31,32)27-14-12-21(13-15-27)24(29)26-16-20-10-8-17(3)9-11-20/h8-11,21H,6-7,12-16H2,1-5H3,(H,26,29). The first-order chi connectivity index (χ1) is 16.1. The van der Waals surface area contributed by atoms with E-state index in [9.17, 15) is 18.0 Å². The van der Waals surface area contributed by atoms with Crippen molar-refractivity contribution in [2.45, 2.75) is 65.4 Å². The van der Waals surface area contributed by atoms with Crippen molar-refractivity contribution >= 4 is 21.9 Å². The van der Waals surface area contributed by atoms with Gasteiger partial charge in [-0.1, -0.05) is 29.8 Å². The third-order valence-corrected chi connectivity index (χ3v) is 8.59. The van der Waals surface area contributed by atoms with Crippen LogP contribution in [0.15, 0.2) is 29.2 Å². The molecule has 2 aromatic rings. The van der Waals surface area contributed by atoms with Gasteiger partial charge in [-0.15, -0.1) is 0 Å². The van der Waals surface area contributed by atoms with Gasteiger partial charge in [-0.3, -0.25) is 4.79 Å². The Morgan fingerprint density at radius 3 is 2.21 bits per heavy atom. The van der Waals surface area contributed by atoms with Crippen molar-refractivity contribution in [3.05, 3.63) is 52.3 Å². The van der Waals surface area contributed by atoms with Gasteiger partial charge < -0.3 is 14.6 Å². The number of aryl methyl sites for hydroxylation is 1. The van der Waals surface area contributed by atoms with Crippen LogP contribution in [0.2, 0.25) is 0 Å². The van der Waals surface area contributed by atoms with Gasteiger partial charge in [0.2, 0.25) is 15.9 Å². The quantitative estimate of drug-likeness (QED) is 0.574. The maximum Gasteiger partial charge on any atom is 0.341 e. The molecule has 1 N–H and O–H groups in total. The molecule has 1 aliphatic heterocycles. The highest BCUT2D eigenvalue weighted by Crippen LogP contribution is 2.32. The number of nitrogens with zero attached hydrogens (tertiary/aromatic N) is 2. The van der Waals surface area contributed by atoms with Gasteiger partial charge in [0.1, 0.15) is 10.5 Å². The summed E-state index contributed by atoms with van der Waals surface area (Å²) in [7, 11) is -3.93. The summed E-state index contributed by atoms with van der Waals surface area (Å²) in [6.07, 6.45) is 0.862. The second kappa shape index (κ2) is 10.7. The van der Waals surface area contributed by atoms with E-state index in [-0.39, 0.29) is 42.0 Å². The first kappa shape index (κ1) is 26.0. The minimum Gasteiger partial charge on any atom is -0.462 e. The molecule has 1 fully saturated rings. The monoisotopic (exact) mass is 489 g/mol. The summed E-state index contributed by atoms with van der Waals surface area (Å²) in [6.45, 7) is 10.7. The summed E-state index contributed by atoms with van der Waals surface area (Å²) >= 11 is 0. The number of piperidine rings is 1. The fraction of sp³-hybridized carbons (Fsp3) is 0.520. The lowest BCUT2D eigenvalue weighted by molar-refractivity contribution is -0.126. The van der Waals surface area contributed by atoms with Gasteiger partial charge in [0.25, 0.3) is 0 Å². The Labute approximate surface area is 202 Å². The van der Waals surface area contributed by atoms with Crippen LogP contribution in [0.3, 0.4) is 0 Å². The molecule has 186 valence electrons. The molecule has 2 heterocycles. The Bertz CT molecular complexity index is 1140. The van der Waals surface area contributed by atoms with Crippen LogP contribution < -0.4 is 5.32 Å². The van der Waals surface area contributed by atoms with Crippen molar-refractivity contribution in [3.63, 3.8) is 0 Å². The third-order valence-electron chi connectivity index (χ3n) is 6.53. The molecule has 0 bridgehead atoms. The topological polar surface area (TPSA) is 97.7 Å². The number of ether oxygens (including phenoxy) is 1. The van der Waals surface area contributed by atoms with Crippen LogP contribution >= 0.6 is 0 Å². The van der Waals surface area contributed by atoms with Crippen molar-refractivity contribution in [2.24, 2.45) is 5.92 Å². The van der Waals surface area contributed by atoms with E-state index < -0.39 is 16.0 Å². The largest absolute Gasteiger partial charge is 0.462 e. The van der Waals surface area contributed by atoms with Gasteiger partial charge in [-0.25, -0.2) is 13.2 Å². The molecule has 34 heavy (non-hydrogen) atoms. The molecule has 0 atom stereocenters. The van der Waals surface area contributed by atoms with E-state index in [0.29, 0.717) is 37.3 Å². The van der Waals surface area contributed by atoms with Crippen molar-refractivity contribution in [1.82, 2.24) is 14.2 Å². The molecule has 1 aromatic heterocycles. The molecule has 8 nitrogen and oxygen atoms in total. The van der Waals surface area contributed by atoms with E-state index in [0.717, 1.165) is 11.1 Å². The molecular formula is C25H35N3O5S. The maximum atomic E-state index is 13.6. The average molecular weight is 490 g/mol. The van der Waals surface area contributed by atoms with Gasteiger partial charge in [-0.05, 0) is 53.0 Å². The summed E-state index contributed by atoms with van der Waals surface area (Å²) in [5.41, 5.74) is 3.41. The number of rotatable bonds is 8. The molecule has 0 spiro atoms. The molecule has 3 rings (SSSR count).